The lowest BCUT2D eigenvalue weighted by Gasteiger charge is -2.17. The Kier molecular flexibility index (Phi) is 4.71. The minimum Gasteiger partial charge on any atom is -0.480 e. The second kappa shape index (κ2) is 6.05. The highest BCUT2D eigenvalue weighted by Gasteiger charge is 2.14. The van der Waals surface area contributed by atoms with E-state index >= 15 is 0 Å². The maximum atomic E-state index is 11.6. The van der Waals surface area contributed by atoms with Crippen LogP contribution in [0.4, 0.5) is 0 Å². The summed E-state index contributed by atoms with van der Waals surface area (Å²) < 4.78 is 5.11. The molecule has 0 radical (unpaired) electrons. The molecule has 0 fully saturated rings. The maximum Gasteiger partial charge on any atom is 0.320 e. The topological polar surface area (TPSA) is 82.8 Å². The van der Waals surface area contributed by atoms with Gasteiger partial charge in [0.2, 0.25) is 5.91 Å². The zero-order chi connectivity index (χ0) is 12.8. The van der Waals surface area contributed by atoms with Crippen molar-refractivity contribution in [2.75, 3.05) is 13.6 Å². The number of nitrogens with zero attached hydrogens (tertiary/aromatic N) is 1. The molecule has 94 valence electrons. The van der Waals surface area contributed by atoms with Gasteiger partial charge in [-0.05, 0) is 19.1 Å². The lowest BCUT2D eigenvalue weighted by molar-refractivity contribution is -0.139. The molecule has 1 aromatic heterocycles. The number of hydrogen-bond acceptors (Lipinski definition) is 4. The van der Waals surface area contributed by atoms with Crippen molar-refractivity contribution in [2.45, 2.75) is 19.5 Å². The summed E-state index contributed by atoms with van der Waals surface area (Å²) in [6.45, 7) is 1.85. The van der Waals surface area contributed by atoms with E-state index in [0.717, 1.165) is 0 Å². The molecule has 2 N–H and O–H groups in total. The van der Waals surface area contributed by atoms with Crippen LogP contribution in [0.3, 0.4) is 0 Å². The van der Waals surface area contributed by atoms with Crippen LogP contribution in [0.1, 0.15) is 12.7 Å². The van der Waals surface area contributed by atoms with Gasteiger partial charge in [-0.1, -0.05) is 0 Å². The predicted molar refractivity (Wildman–Crippen MR) is 60.3 cm³/mol. The summed E-state index contributed by atoms with van der Waals surface area (Å²) in [5, 5.41) is 11.3. The van der Waals surface area contributed by atoms with Crippen LogP contribution in [-0.4, -0.2) is 41.5 Å². The van der Waals surface area contributed by atoms with Crippen LogP contribution in [-0.2, 0) is 16.1 Å². The minimum absolute atomic E-state index is 0.00925. The van der Waals surface area contributed by atoms with E-state index in [1.807, 2.05) is 0 Å². The second-order valence-corrected chi connectivity index (χ2v) is 3.77. The van der Waals surface area contributed by atoms with E-state index in [1.54, 1.807) is 25.4 Å². The number of amides is 1. The van der Waals surface area contributed by atoms with Crippen molar-refractivity contribution in [1.29, 1.82) is 0 Å². The number of likely N-dealkylation sites (N-methyl/N-ethyl adjacent to an activating group) is 1. The second-order valence-electron chi connectivity index (χ2n) is 3.77. The van der Waals surface area contributed by atoms with E-state index in [4.69, 9.17) is 9.52 Å². The Balaban J connectivity index is 2.34. The first kappa shape index (κ1) is 13.2. The summed E-state index contributed by atoms with van der Waals surface area (Å²) >= 11 is 0. The molecule has 6 heteroatoms. The number of carbonyl (C=O) groups is 2. The largest absolute Gasteiger partial charge is 0.480 e. The van der Waals surface area contributed by atoms with Gasteiger partial charge >= 0.3 is 5.97 Å². The zero-order valence-electron chi connectivity index (χ0n) is 9.84. The maximum absolute atomic E-state index is 11.6. The number of carboxylic acid groups (broad SMARTS) is 1. The first-order chi connectivity index (χ1) is 8.00. The highest BCUT2D eigenvalue weighted by molar-refractivity contribution is 5.79. The summed E-state index contributed by atoms with van der Waals surface area (Å²) in [6, 6.07) is 2.78. The van der Waals surface area contributed by atoms with Gasteiger partial charge in [0, 0.05) is 7.05 Å². The fourth-order valence-electron chi connectivity index (χ4n) is 1.19. The Morgan fingerprint density at radius 2 is 2.29 bits per heavy atom. The predicted octanol–water partition coefficient (Wildman–Crippen LogP) is 0.301. The molecule has 1 heterocycles. The fraction of sp³-hybridized carbons (Fsp3) is 0.455. The van der Waals surface area contributed by atoms with Crippen molar-refractivity contribution in [1.82, 2.24) is 10.2 Å². The number of nitrogens with one attached hydrogen (secondary N) is 1. The Hall–Kier alpha value is -1.82. The molecule has 1 amide bonds. The van der Waals surface area contributed by atoms with Crippen LogP contribution in [0.2, 0.25) is 0 Å². The van der Waals surface area contributed by atoms with E-state index in [-0.39, 0.29) is 12.5 Å². The molecule has 6 nitrogen and oxygen atoms in total. The Morgan fingerprint density at radius 3 is 2.82 bits per heavy atom. The molecule has 0 aliphatic carbocycles. The first-order valence-corrected chi connectivity index (χ1v) is 5.23. The molecule has 0 aliphatic rings. The van der Waals surface area contributed by atoms with E-state index in [2.05, 4.69) is 5.32 Å². The van der Waals surface area contributed by atoms with Gasteiger partial charge in [-0.25, -0.2) is 0 Å². The van der Waals surface area contributed by atoms with Crippen LogP contribution < -0.4 is 5.32 Å². The van der Waals surface area contributed by atoms with Gasteiger partial charge in [0.25, 0.3) is 0 Å². The molecule has 1 atom stereocenters. The molecular weight excluding hydrogens is 224 g/mol. The molecule has 0 aliphatic heterocycles. The quantitative estimate of drug-likeness (QED) is 0.747. The van der Waals surface area contributed by atoms with Gasteiger partial charge in [0.15, 0.2) is 0 Å². The molecule has 0 saturated carbocycles. The smallest absolute Gasteiger partial charge is 0.320 e. The average molecular weight is 240 g/mol. The molecule has 0 unspecified atom stereocenters. The normalized spacial score (nSPS) is 12.1. The Labute approximate surface area is 99.2 Å². The van der Waals surface area contributed by atoms with Crippen molar-refractivity contribution in [3.63, 3.8) is 0 Å². The monoisotopic (exact) mass is 240 g/mol. The van der Waals surface area contributed by atoms with Crippen molar-refractivity contribution >= 4 is 11.9 Å². The van der Waals surface area contributed by atoms with Crippen molar-refractivity contribution in [2.24, 2.45) is 0 Å². The number of furan rings is 1. The van der Waals surface area contributed by atoms with Gasteiger partial charge in [0.05, 0.1) is 19.4 Å². The van der Waals surface area contributed by atoms with Crippen LogP contribution in [0.15, 0.2) is 22.8 Å². The highest BCUT2D eigenvalue weighted by Crippen LogP contribution is 2.03. The van der Waals surface area contributed by atoms with Crippen LogP contribution in [0.5, 0.6) is 0 Å². The number of aliphatic carboxylic acids is 1. The Morgan fingerprint density at radius 1 is 1.59 bits per heavy atom. The fourth-order valence-corrected chi connectivity index (χ4v) is 1.19. The molecule has 17 heavy (non-hydrogen) atoms. The third-order valence-corrected chi connectivity index (χ3v) is 2.33. The Bertz CT molecular complexity index is 375. The summed E-state index contributed by atoms with van der Waals surface area (Å²) in [4.78, 5) is 23.6. The SMILES string of the molecule is C[C@@H](NCC(=O)N(C)Cc1ccco1)C(=O)O. The van der Waals surface area contributed by atoms with E-state index < -0.39 is 12.0 Å². The third kappa shape index (κ3) is 4.28. The third-order valence-electron chi connectivity index (χ3n) is 2.33. The van der Waals surface area contributed by atoms with E-state index in [0.29, 0.717) is 12.3 Å². The zero-order valence-corrected chi connectivity index (χ0v) is 9.84. The molecule has 0 spiro atoms. The minimum atomic E-state index is -0.980. The number of carbonyl (C=O) groups excluding carboxylic acids is 1. The van der Waals surface area contributed by atoms with Gasteiger partial charge < -0.3 is 14.4 Å². The highest BCUT2D eigenvalue weighted by atomic mass is 16.4. The van der Waals surface area contributed by atoms with E-state index in [9.17, 15) is 9.59 Å². The number of hydrogen-bond donors (Lipinski definition) is 2. The molecule has 0 aromatic carbocycles. The number of rotatable bonds is 6. The average Bonchev–Trinajstić information content (AvgIpc) is 2.77. The van der Waals surface area contributed by atoms with E-state index in [1.165, 1.54) is 11.8 Å². The number of carboxylic acids is 1. The van der Waals surface area contributed by atoms with Crippen LogP contribution >= 0.6 is 0 Å². The van der Waals surface area contributed by atoms with Gasteiger partial charge in [-0.2, -0.15) is 0 Å². The summed E-state index contributed by atoms with van der Waals surface area (Å²) in [5.41, 5.74) is 0. The van der Waals surface area contributed by atoms with Gasteiger partial charge in [-0.15, -0.1) is 0 Å². The van der Waals surface area contributed by atoms with Gasteiger partial charge in [-0.3, -0.25) is 14.9 Å². The van der Waals surface area contributed by atoms with Gasteiger partial charge in [0.1, 0.15) is 11.8 Å². The lowest BCUT2D eigenvalue weighted by atomic mass is 10.3. The molecule has 1 rings (SSSR count). The lowest BCUT2D eigenvalue weighted by Crippen LogP contribution is -2.41. The van der Waals surface area contributed by atoms with Crippen molar-refractivity contribution in [3.8, 4) is 0 Å². The van der Waals surface area contributed by atoms with Crippen molar-refractivity contribution < 1.29 is 19.1 Å². The molecule has 1 aromatic rings. The van der Waals surface area contributed by atoms with Crippen molar-refractivity contribution in [3.05, 3.63) is 24.2 Å². The summed E-state index contributed by atoms with van der Waals surface area (Å²) in [6.07, 6.45) is 1.54. The first-order valence-electron chi connectivity index (χ1n) is 5.23. The summed E-state index contributed by atoms with van der Waals surface area (Å²) in [7, 11) is 1.64. The van der Waals surface area contributed by atoms with Crippen LogP contribution in [0, 0.1) is 0 Å². The van der Waals surface area contributed by atoms with Crippen LogP contribution in [0.25, 0.3) is 0 Å². The summed E-state index contributed by atoms with van der Waals surface area (Å²) in [5.74, 6) is -0.479. The molecular formula is C11H16N2O4. The standard InChI is InChI=1S/C11H16N2O4/c1-8(11(15)16)12-6-10(14)13(2)7-9-4-3-5-17-9/h3-5,8,12H,6-7H2,1-2H3,(H,15,16)/t8-/m1/s1. The molecule has 0 bridgehead atoms. The molecule has 0 saturated heterocycles.